The topological polar surface area (TPSA) is 94.2 Å². The molecule has 1 N–H and O–H groups in total. The van der Waals surface area contributed by atoms with E-state index in [9.17, 15) is 13.2 Å². The minimum Gasteiger partial charge on any atom is -0.497 e. The monoisotopic (exact) mass is 552 g/mol. The van der Waals surface area contributed by atoms with Crippen molar-refractivity contribution in [3.05, 3.63) is 77.4 Å². The predicted molar refractivity (Wildman–Crippen MR) is 151 cm³/mol. The van der Waals surface area contributed by atoms with Crippen molar-refractivity contribution in [2.45, 2.75) is 57.1 Å². The number of benzene rings is 3. The van der Waals surface area contributed by atoms with E-state index in [0.717, 1.165) is 16.7 Å². The number of carbonyl (C=O) groups is 1. The maximum atomic E-state index is 13.9. The van der Waals surface area contributed by atoms with Crippen LogP contribution in [0.3, 0.4) is 0 Å². The molecule has 0 fully saturated rings. The highest BCUT2D eigenvalue weighted by atomic mass is 32.2. The highest BCUT2D eigenvalue weighted by Gasteiger charge is 2.38. The molecule has 8 nitrogen and oxygen atoms in total. The van der Waals surface area contributed by atoms with Gasteiger partial charge in [0.25, 0.3) is 15.9 Å². The molecule has 2 atom stereocenters. The first-order chi connectivity index (χ1) is 18.3. The highest BCUT2D eigenvalue weighted by Crippen LogP contribution is 2.40. The van der Waals surface area contributed by atoms with Crippen LogP contribution in [0.4, 0.5) is 5.69 Å². The van der Waals surface area contributed by atoms with Crippen molar-refractivity contribution in [1.82, 2.24) is 5.32 Å². The summed E-state index contributed by atoms with van der Waals surface area (Å²) in [7, 11) is -0.862. The molecule has 3 aromatic carbocycles. The number of methoxy groups -OCH3 is 2. The third-order valence-electron chi connectivity index (χ3n) is 6.86. The van der Waals surface area contributed by atoms with E-state index in [2.05, 4.69) is 26.1 Å². The van der Waals surface area contributed by atoms with Gasteiger partial charge in [0.05, 0.1) is 37.4 Å². The van der Waals surface area contributed by atoms with Crippen molar-refractivity contribution < 1.29 is 27.4 Å². The zero-order valence-electron chi connectivity index (χ0n) is 23.4. The fourth-order valence-electron chi connectivity index (χ4n) is 4.48. The molecule has 3 aromatic rings. The van der Waals surface area contributed by atoms with E-state index in [4.69, 9.17) is 14.2 Å². The number of hydrogen-bond acceptors (Lipinski definition) is 6. The van der Waals surface area contributed by atoms with Gasteiger partial charge in [-0.15, -0.1) is 0 Å². The molecule has 1 heterocycles. The molecule has 0 saturated heterocycles. The van der Waals surface area contributed by atoms with E-state index >= 15 is 0 Å². The van der Waals surface area contributed by atoms with Crippen molar-refractivity contribution in [2.75, 3.05) is 25.1 Å². The molecule has 0 bridgehead atoms. The second-order valence-corrected chi connectivity index (χ2v) is 12.6. The SMILES string of the molecule is COc1ccc(OC)c(C(C)NC(=O)C2CN(S(=O)(=O)c3ccc(C)cc3)c3cc(C(C)(C)C)ccc3O2)c1. The van der Waals surface area contributed by atoms with E-state index in [0.29, 0.717) is 22.9 Å². The zero-order valence-corrected chi connectivity index (χ0v) is 24.3. The van der Waals surface area contributed by atoms with Gasteiger partial charge in [0, 0.05) is 5.56 Å². The van der Waals surface area contributed by atoms with Crippen molar-refractivity contribution in [1.29, 1.82) is 0 Å². The third-order valence-corrected chi connectivity index (χ3v) is 8.65. The summed E-state index contributed by atoms with van der Waals surface area (Å²) in [6.07, 6.45) is -1.07. The van der Waals surface area contributed by atoms with Gasteiger partial charge in [0.1, 0.15) is 17.2 Å². The Kier molecular flexibility index (Phi) is 7.84. The summed E-state index contributed by atoms with van der Waals surface area (Å²) in [6, 6.07) is 17.0. The quantitative estimate of drug-likeness (QED) is 0.436. The number of ether oxygens (including phenoxy) is 3. The lowest BCUT2D eigenvalue weighted by Crippen LogP contribution is -2.51. The second kappa shape index (κ2) is 10.8. The summed E-state index contributed by atoms with van der Waals surface area (Å²) in [5, 5.41) is 2.96. The summed E-state index contributed by atoms with van der Waals surface area (Å²) in [5.74, 6) is 1.11. The number of rotatable bonds is 7. The number of amides is 1. The number of nitrogens with zero attached hydrogens (tertiary/aromatic N) is 1. The molecule has 9 heteroatoms. The van der Waals surface area contributed by atoms with E-state index in [1.165, 1.54) is 4.31 Å². The molecule has 0 spiro atoms. The van der Waals surface area contributed by atoms with Gasteiger partial charge in [-0.05, 0) is 67.3 Å². The minimum absolute atomic E-state index is 0.149. The Bertz CT molecular complexity index is 1460. The standard InChI is InChI=1S/C30H36N2O6S/c1-19-8-12-23(13-9-19)39(34,35)32-18-28(38-27-14-10-21(16-25(27)32)30(3,4)5)29(33)31-20(2)24-17-22(36-6)11-15-26(24)37-7/h8-17,20,28H,18H2,1-7H3,(H,31,33). The van der Waals surface area contributed by atoms with Gasteiger partial charge in [0.2, 0.25) is 0 Å². The number of hydrogen-bond donors (Lipinski definition) is 1. The fraction of sp³-hybridized carbons (Fsp3) is 0.367. The Morgan fingerprint density at radius 1 is 1.03 bits per heavy atom. The summed E-state index contributed by atoms with van der Waals surface area (Å²) in [4.78, 5) is 13.6. The van der Waals surface area contributed by atoms with Crippen LogP contribution < -0.4 is 23.8 Å². The van der Waals surface area contributed by atoms with Crippen LogP contribution >= 0.6 is 0 Å². The van der Waals surface area contributed by atoms with E-state index in [1.807, 2.05) is 26.0 Å². The molecule has 208 valence electrons. The number of anilines is 1. The van der Waals surface area contributed by atoms with Crippen LogP contribution in [0.1, 0.15) is 50.4 Å². The van der Waals surface area contributed by atoms with E-state index < -0.39 is 28.1 Å². The largest absolute Gasteiger partial charge is 0.497 e. The van der Waals surface area contributed by atoms with Gasteiger partial charge in [0.15, 0.2) is 6.10 Å². The first-order valence-corrected chi connectivity index (χ1v) is 14.2. The first-order valence-electron chi connectivity index (χ1n) is 12.8. The number of nitrogens with one attached hydrogen (secondary N) is 1. The van der Waals surface area contributed by atoms with Gasteiger partial charge >= 0.3 is 0 Å². The Labute approximate surface area is 230 Å². The van der Waals surface area contributed by atoms with Crippen molar-refractivity contribution in [3.63, 3.8) is 0 Å². The van der Waals surface area contributed by atoms with E-state index in [-0.39, 0.29) is 16.9 Å². The Balaban J connectivity index is 1.70. The molecule has 1 aliphatic heterocycles. The summed E-state index contributed by atoms with van der Waals surface area (Å²) >= 11 is 0. The van der Waals surface area contributed by atoms with Crippen LogP contribution in [0.25, 0.3) is 0 Å². The maximum absolute atomic E-state index is 13.9. The third kappa shape index (κ3) is 5.83. The van der Waals surface area contributed by atoms with E-state index in [1.54, 1.807) is 62.8 Å². The summed E-state index contributed by atoms with van der Waals surface area (Å²) in [5.41, 5.74) is 2.82. The number of fused-ring (bicyclic) bond motifs is 1. The van der Waals surface area contributed by atoms with Gasteiger partial charge < -0.3 is 19.5 Å². The van der Waals surface area contributed by atoms with Crippen LogP contribution in [-0.4, -0.2) is 41.2 Å². The van der Waals surface area contributed by atoms with Gasteiger partial charge in [-0.25, -0.2) is 8.42 Å². The van der Waals surface area contributed by atoms with Crippen LogP contribution in [0.5, 0.6) is 17.2 Å². The lowest BCUT2D eigenvalue weighted by Gasteiger charge is -2.36. The molecule has 1 amide bonds. The normalized spacial score (nSPS) is 16.1. The number of carbonyl (C=O) groups excluding carboxylic acids is 1. The van der Waals surface area contributed by atoms with Gasteiger partial charge in [-0.2, -0.15) is 0 Å². The molecule has 0 radical (unpaired) electrons. The molecule has 0 aromatic heterocycles. The lowest BCUT2D eigenvalue weighted by molar-refractivity contribution is -0.128. The average Bonchev–Trinajstić information content (AvgIpc) is 2.91. The minimum atomic E-state index is -3.98. The molecule has 39 heavy (non-hydrogen) atoms. The van der Waals surface area contributed by atoms with Crippen molar-refractivity contribution in [2.24, 2.45) is 0 Å². The number of aryl methyl sites for hydroxylation is 1. The molecule has 1 aliphatic rings. The average molecular weight is 553 g/mol. The van der Waals surface area contributed by atoms with Crippen molar-refractivity contribution in [3.8, 4) is 17.2 Å². The molecular formula is C30H36N2O6S. The van der Waals surface area contributed by atoms with Gasteiger partial charge in [-0.1, -0.05) is 44.5 Å². The second-order valence-electron chi connectivity index (χ2n) is 10.7. The predicted octanol–water partition coefficient (Wildman–Crippen LogP) is 5.14. The number of sulfonamides is 1. The van der Waals surface area contributed by atoms with Crippen molar-refractivity contribution >= 4 is 21.6 Å². The Hall–Kier alpha value is -3.72. The summed E-state index contributed by atoms with van der Waals surface area (Å²) in [6.45, 7) is 9.72. The summed E-state index contributed by atoms with van der Waals surface area (Å²) < 4.78 is 46.0. The Morgan fingerprint density at radius 3 is 2.33 bits per heavy atom. The fourth-order valence-corrected chi connectivity index (χ4v) is 5.95. The van der Waals surface area contributed by atoms with Gasteiger partial charge in [-0.3, -0.25) is 9.10 Å². The molecule has 0 saturated carbocycles. The van der Waals surface area contributed by atoms with Crippen LogP contribution in [0.2, 0.25) is 0 Å². The zero-order chi connectivity index (χ0) is 28.5. The molecule has 2 unspecified atom stereocenters. The van der Waals surface area contributed by atoms with Crippen LogP contribution in [0, 0.1) is 6.92 Å². The molecule has 0 aliphatic carbocycles. The lowest BCUT2D eigenvalue weighted by atomic mass is 9.86. The van der Waals surface area contributed by atoms with Crippen LogP contribution in [-0.2, 0) is 20.2 Å². The Morgan fingerprint density at radius 2 is 1.72 bits per heavy atom. The molecule has 4 rings (SSSR count). The first kappa shape index (κ1) is 28.3. The molecular weight excluding hydrogens is 516 g/mol. The van der Waals surface area contributed by atoms with Crippen LogP contribution in [0.15, 0.2) is 65.6 Å². The highest BCUT2D eigenvalue weighted by molar-refractivity contribution is 7.92. The smallest absolute Gasteiger partial charge is 0.264 e. The maximum Gasteiger partial charge on any atom is 0.264 e.